The molecule has 3 aromatic carbocycles. The van der Waals surface area contributed by atoms with E-state index in [2.05, 4.69) is 66.4 Å². The SMILES string of the molecule is OC1(c2cc3ccccc3c3ccccc23)CC2CCC(C1)S2. The van der Waals surface area contributed by atoms with Gasteiger partial charge in [0, 0.05) is 10.5 Å². The average Bonchev–Trinajstić information content (AvgIpc) is 2.93. The predicted molar refractivity (Wildman–Crippen MR) is 99.0 cm³/mol. The largest absolute Gasteiger partial charge is 0.385 e. The van der Waals surface area contributed by atoms with Gasteiger partial charge in [-0.15, -0.1) is 0 Å². The van der Waals surface area contributed by atoms with Crippen LogP contribution in [0.15, 0.2) is 54.6 Å². The minimum absolute atomic E-state index is 0.629. The van der Waals surface area contributed by atoms with Gasteiger partial charge in [-0.2, -0.15) is 11.8 Å². The van der Waals surface area contributed by atoms with Crippen molar-refractivity contribution in [2.75, 3.05) is 0 Å². The molecule has 0 aliphatic carbocycles. The minimum Gasteiger partial charge on any atom is -0.385 e. The first-order chi connectivity index (χ1) is 11.2. The number of aliphatic hydroxyl groups is 1. The van der Waals surface area contributed by atoms with E-state index in [1.807, 2.05) is 0 Å². The van der Waals surface area contributed by atoms with Gasteiger partial charge in [-0.1, -0.05) is 48.5 Å². The molecule has 2 fully saturated rings. The molecule has 2 atom stereocenters. The minimum atomic E-state index is -0.666. The maximum absolute atomic E-state index is 11.6. The molecule has 2 aliphatic heterocycles. The van der Waals surface area contributed by atoms with Gasteiger partial charge in [0.05, 0.1) is 5.60 Å². The summed E-state index contributed by atoms with van der Waals surface area (Å²) < 4.78 is 0. The standard InChI is InChI=1S/C21H20OS/c22-21(12-15-9-10-16(13-21)23-15)20-11-14-5-1-2-6-17(14)18-7-3-4-8-19(18)20/h1-8,11,15-16,22H,9-10,12-13H2. The highest BCUT2D eigenvalue weighted by Crippen LogP contribution is 2.52. The van der Waals surface area contributed by atoms with Crippen LogP contribution in [-0.2, 0) is 5.60 Å². The van der Waals surface area contributed by atoms with Gasteiger partial charge in [-0.25, -0.2) is 0 Å². The Labute approximate surface area is 140 Å². The zero-order chi connectivity index (χ0) is 15.4. The third-order valence-corrected chi connectivity index (χ3v) is 7.17. The van der Waals surface area contributed by atoms with Crippen LogP contribution in [0.3, 0.4) is 0 Å². The Balaban J connectivity index is 1.80. The lowest BCUT2D eigenvalue weighted by atomic mass is 9.81. The fourth-order valence-corrected chi connectivity index (χ4v) is 6.41. The van der Waals surface area contributed by atoms with E-state index in [4.69, 9.17) is 0 Å². The summed E-state index contributed by atoms with van der Waals surface area (Å²) in [7, 11) is 0. The number of benzene rings is 3. The first kappa shape index (κ1) is 13.9. The molecule has 2 unspecified atom stereocenters. The van der Waals surface area contributed by atoms with E-state index < -0.39 is 5.60 Å². The molecule has 0 saturated carbocycles. The van der Waals surface area contributed by atoms with Crippen LogP contribution in [0.25, 0.3) is 21.5 Å². The fourth-order valence-electron chi connectivity index (χ4n) is 4.58. The van der Waals surface area contributed by atoms with Crippen LogP contribution in [-0.4, -0.2) is 15.6 Å². The van der Waals surface area contributed by atoms with Crippen molar-refractivity contribution in [1.82, 2.24) is 0 Å². The van der Waals surface area contributed by atoms with Crippen molar-refractivity contribution in [1.29, 1.82) is 0 Å². The van der Waals surface area contributed by atoms with E-state index in [1.165, 1.54) is 34.4 Å². The van der Waals surface area contributed by atoms with Crippen molar-refractivity contribution in [2.45, 2.75) is 41.8 Å². The molecule has 0 aromatic heterocycles. The second-order valence-corrected chi connectivity index (χ2v) is 8.69. The van der Waals surface area contributed by atoms with E-state index in [9.17, 15) is 5.11 Å². The van der Waals surface area contributed by atoms with Crippen LogP contribution in [0.2, 0.25) is 0 Å². The Morgan fingerprint density at radius 3 is 2.17 bits per heavy atom. The lowest BCUT2D eigenvalue weighted by molar-refractivity contribution is 0.0212. The summed E-state index contributed by atoms with van der Waals surface area (Å²) >= 11 is 2.10. The van der Waals surface area contributed by atoms with E-state index in [0.29, 0.717) is 10.5 Å². The highest BCUT2D eigenvalue weighted by atomic mass is 32.2. The van der Waals surface area contributed by atoms with Crippen molar-refractivity contribution >= 4 is 33.3 Å². The fraction of sp³-hybridized carbons (Fsp3) is 0.333. The van der Waals surface area contributed by atoms with Crippen molar-refractivity contribution < 1.29 is 5.11 Å². The summed E-state index contributed by atoms with van der Waals surface area (Å²) in [6, 6.07) is 19.3. The summed E-state index contributed by atoms with van der Waals surface area (Å²) in [5.74, 6) is 0. The Bertz CT molecular complexity index is 889. The lowest BCUT2D eigenvalue weighted by Crippen LogP contribution is -2.34. The summed E-state index contributed by atoms with van der Waals surface area (Å²) in [5, 5.41) is 17.8. The normalized spacial score (nSPS) is 30.1. The van der Waals surface area contributed by atoms with E-state index in [-0.39, 0.29) is 0 Å². The van der Waals surface area contributed by atoms with E-state index >= 15 is 0 Å². The van der Waals surface area contributed by atoms with Crippen molar-refractivity contribution in [2.24, 2.45) is 0 Å². The molecule has 1 nitrogen and oxygen atoms in total. The van der Waals surface area contributed by atoms with Gasteiger partial charge >= 0.3 is 0 Å². The first-order valence-electron chi connectivity index (χ1n) is 8.52. The van der Waals surface area contributed by atoms with Gasteiger partial charge in [0.25, 0.3) is 0 Å². The molecule has 0 spiro atoms. The molecule has 2 bridgehead atoms. The van der Waals surface area contributed by atoms with Crippen molar-refractivity contribution in [3.8, 4) is 0 Å². The van der Waals surface area contributed by atoms with Gasteiger partial charge in [-0.3, -0.25) is 0 Å². The number of thioether (sulfide) groups is 1. The summed E-state index contributed by atoms with van der Waals surface area (Å²) in [6.07, 6.45) is 4.33. The second kappa shape index (κ2) is 4.99. The maximum atomic E-state index is 11.6. The zero-order valence-electron chi connectivity index (χ0n) is 13.0. The van der Waals surface area contributed by atoms with E-state index in [1.54, 1.807) is 0 Å². The third-order valence-electron chi connectivity index (χ3n) is 5.60. The summed E-state index contributed by atoms with van der Waals surface area (Å²) in [6.45, 7) is 0. The highest BCUT2D eigenvalue weighted by molar-refractivity contribution is 8.00. The topological polar surface area (TPSA) is 20.2 Å². The quantitative estimate of drug-likeness (QED) is 0.619. The molecule has 2 aliphatic rings. The van der Waals surface area contributed by atoms with Gasteiger partial charge < -0.3 is 5.11 Å². The average molecular weight is 320 g/mol. The number of fused-ring (bicyclic) bond motifs is 5. The van der Waals surface area contributed by atoms with Gasteiger partial charge in [0.15, 0.2) is 0 Å². The number of hydrogen-bond donors (Lipinski definition) is 1. The molecular formula is C21H20OS. The lowest BCUT2D eigenvalue weighted by Gasteiger charge is -2.37. The van der Waals surface area contributed by atoms with Crippen LogP contribution >= 0.6 is 11.8 Å². The Kier molecular flexibility index (Phi) is 3.01. The molecule has 23 heavy (non-hydrogen) atoms. The van der Waals surface area contributed by atoms with Crippen molar-refractivity contribution in [3.63, 3.8) is 0 Å². The number of rotatable bonds is 1. The molecule has 5 rings (SSSR count). The van der Waals surface area contributed by atoms with Crippen molar-refractivity contribution in [3.05, 3.63) is 60.2 Å². The summed E-state index contributed by atoms with van der Waals surface area (Å²) in [4.78, 5) is 0. The van der Waals surface area contributed by atoms with Gasteiger partial charge in [0.2, 0.25) is 0 Å². The first-order valence-corrected chi connectivity index (χ1v) is 9.46. The molecular weight excluding hydrogens is 300 g/mol. The molecule has 3 aromatic rings. The van der Waals surface area contributed by atoms with Gasteiger partial charge in [-0.05, 0) is 58.9 Å². The molecule has 2 saturated heterocycles. The zero-order valence-corrected chi connectivity index (χ0v) is 13.9. The predicted octanol–water partition coefficient (Wildman–Crippen LogP) is 5.24. The Hall–Kier alpha value is -1.51. The molecule has 2 heterocycles. The third kappa shape index (κ3) is 2.12. The molecule has 2 heteroatoms. The second-order valence-electron chi connectivity index (χ2n) is 7.09. The van der Waals surface area contributed by atoms with E-state index in [0.717, 1.165) is 18.4 Å². The Morgan fingerprint density at radius 2 is 1.43 bits per heavy atom. The molecule has 116 valence electrons. The maximum Gasteiger partial charge on any atom is 0.0923 e. The van der Waals surface area contributed by atoms with Crippen LogP contribution in [0.4, 0.5) is 0 Å². The molecule has 0 amide bonds. The number of hydrogen-bond acceptors (Lipinski definition) is 2. The van der Waals surface area contributed by atoms with Crippen LogP contribution < -0.4 is 0 Å². The molecule has 1 N–H and O–H groups in total. The van der Waals surface area contributed by atoms with Crippen LogP contribution in [0.5, 0.6) is 0 Å². The van der Waals surface area contributed by atoms with Crippen LogP contribution in [0.1, 0.15) is 31.2 Å². The van der Waals surface area contributed by atoms with Gasteiger partial charge in [0.1, 0.15) is 0 Å². The summed E-state index contributed by atoms with van der Waals surface area (Å²) in [5.41, 5.74) is 0.477. The highest BCUT2D eigenvalue weighted by Gasteiger charge is 2.45. The molecule has 0 radical (unpaired) electrons. The van der Waals surface area contributed by atoms with Crippen LogP contribution in [0, 0.1) is 0 Å². The smallest absolute Gasteiger partial charge is 0.0923 e. The monoisotopic (exact) mass is 320 g/mol. The Morgan fingerprint density at radius 1 is 0.826 bits per heavy atom.